The number of benzene rings is 1. The molecule has 0 aliphatic heterocycles. The molecule has 1 aromatic heterocycles. The summed E-state index contributed by atoms with van der Waals surface area (Å²) in [6, 6.07) is 5.48. The Morgan fingerprint density at radius 2 is 2.16 bits per heavy atom. The maximum atomic E-state index is 10.8. The number of rotatable bonds is 5. The van der Waals surface area contributed by atoms with Crippen molar-refractivity contribution >= 4 is 5.97 Å². The molecule has 0 saturated carbocycles. The van der Waals surface area contributed by atoms with Crippen molar-refractivity contribution in [2.45, 2.75) is 6.54 Å². The first-order valence-electron chi connectivity index (χ1n) is 5.60. The summed E-state index contributed by atoms with van der Waals surface area (Å²) in [4.78, 5) is 14.6. The van der Waals surface area contributed by atoms with E-state index in [-0.39, 0.29) is 5.69 Å². The summed E-state index contributed by atoms with van der Waals surface area (Å²) >= 11 is 0. The van der Waals surface area contributed by atoms with Gasteiger partial charge in [0, 0.05) is 17.8 Å². The highest BCUT2D eigenvalue weighted by molar-refractivity contribution is 5.84. The van der Waals surface area contributed by atoms with Crippen LogP contribution in [-0.2, 0) is 6.54 Å². The largest absolute Gasteiger partial charge is 0.497 e. The van der Waals surface area contributed by atoms with Gasteiger partial charge in [-0.25, -0.2) is 9.78 Å². The van der Waals surface area contributed by atoms with E-state index in [0.717, 1.165) is 5.56 Å². The highest BCUT2D eigenvalue weighted by Crippen LogP contribution is 2.25. The minimum atomic E-state index is -1.04. The van der Waals surface area contributed by atoms with Crippen LogP contribution in [0.25, 0.3) is 0 Å². The van der Waals surface area contributed by atoms with Crippen molar-refractivity contribution in [3.05, 3.63) is 42.0 Å². The van der Waals surface area contributed by atoms with Gasteiger partial charge in [0.2, 0.25) is 0 Å². The third-order valence-electron chi connectivity index (χ3n) is 2.70. The number of ether oxygens (including phenoxy) is 2. The molecule has 2 rings (SSSR count). The average Bonchev–Trinajstić information content (AvgIpc) is 2.88. The number of aromatic carboxylic acids is 1. The highest BCUT2D eigenvalue weighted by Gasteiger charge is 2.09. The number of hydrogen-bond donors (Lipinski definition) is 1. The lowest BCUT2D eigenvalue weighted by Gasteiger charge is -2.10. The molecule has 19 heavy (non-hydrogen) atoms. The first-order valence-corrected chi connectivity index (χ1v) is 5.60. The Balaban J connectivity index is 2.24. The van der Waals surface area contributed by atoms with Crippen LogP contribution in [0.3, 0.4) is 0 Å². The van der Waals surface area contributed by atoms with Gasteiger partial charge in [-0.1, -0.05) is 0 Å². The van der Waals surface area contributed by atoms with Crippen LogP contribution in [-0.4, -0.2) is 34.8 Å². The van der Waals surface area contributed by atoms with E-state index in [2.05, 4.69) is 4.98 Å². The molecule has 0 aliphatic rings. The molecule has 1 aromatic carbocycles. The van der Waals surface area contributed by atoms with Crippen LogP contribution in [0.15, 0.2) is 30.7 Å². The summed E-state index contributed by atoms with van der Waals surface area (Å²) < 4.78 is 12.1. The van der Waals surface area contributed by atoms with Gasteiger partial charge >= 0.3 is 5.97 Å². The molecule has 6 nitrogen and oxygen atoms in total. The molecular formula is C13H14N2O4. The van der Waals surface area contributed by atoms with E-state index in [1.54, 1.807) is 24.9 Å². The fourth-order valence-electron chi connectivity index (χ4n) is 1.74. The average molecular weight is 262 g/mol. The molecule has 6 heteroatoms. The second-order valence-electron chi connectivity index (χ2n) is 3.91. The predicted octanol–water partition coefficient (Wildman–Crippen LogP) is 1.65. The van der Waals surface area contributed by atoms with Crippen molar-refractivity contribution in [2.24, 2.45) is 0 Å². The van der Waals surface area contributed by atoms with Crippen molar-refractivity contribution in [2.75, 3.05) is 14.2 Å². The van der Waals surface area contributed by atoms with E-state index in [1.165, 1.54) is 12.5 Å². The lowest BCUT2D eigenvalue weighted by Crippen LogP contribution is -2.01. The summed E-state index contributed by atoms with van der Waals surface area (Å²) in [5.41, 5.74) is 0.935. The van der Waals surface area contributed by atoms with Crippen molar-refractivity contribution in [3.63, 3.8) is 0 Å². The fraction of sp³-hybridized carbons (Fsp3) is 0.231. The van der Waals surface area contributed by atoms with Crippen molar-refractivity contribution in [1.29, 1.82) is 0 Å². The number of carboxylic acids is 1. The van der Waals surface area contributed by atoms with Crippen LogP contribution in [0.2, 0.25) is 0 Å². The second kappa shape index (κ2) is 5.43. The monoisotopic (exact) mass is 262 g/mol. The molecular weight excluding hydrogens is 248 g/mol. The minimum absolute atomic E-state index is 0.0208. The van der Waals surface area contributed by atoms with Gasteiger partial charge in [0.15, 0.2) is 5.69 Å². The Kier molecular flexibility index (Phi) is 3.70. The van der Waals surface area contributed by atoms with E-state index in [9.17, 15) is 4.79 Å². The van der Waals surface area contributed by atoms with Crippen LogP contribution >= 0.6 is 0 Å². The molecule has 0 amide bonds. The molecule has 0 atom stereocenters. The molecule has 0 bridgehead atoms. The van der Waals surface area contributed by atoms with Gasteiger partial charge in [-0.05, 0) is 12.1 Å². The smallest absolute Gasteiger partial charge is 0.356 e. The number of nitrogens with zero attached hydrogens (tertiary/aromatic N) is 2. The van der Waals surface area contributed by atoms with E-state index in [1.807, 2.05) is 12.1 Å². The number of imidazole rings is 1. The van der Waals surface area contributed by atoms with Gasteiger partial charge in [-0.2, -0.15) is 0 Å². The summed E-state index contributed by atoms with van der Waals surface area (Å²) in [6.07, 6.45) is 2.96. The standard InChI is InChI=1S/C13H14N2O4/c1-18-10-4-3-9(12(5-10)19-2)6-15-7-11(13(16)17)14-8-15/h3-5,7-8H,6H2,1-2H3,(H,16,17). The highest BCUT2D eigenvalue weighted by atomic mass is 16.5. The summed E-state index contributed by atoms with van der Waals surface area (Å²) in [5, 5.41) is 8.82. The number of hydrogen-bond acceptors (Lipinski definition) is 4. The zero-order chi connectivity index (χ0) is 13.8. The molecule has 0 unspecified atom stereocenters. The van der Waals surface area contributed by atoms with Gasteiger partial charge in [0.25, 0.3) is 0 Å². The summed E-state index contributed by atoms with van der Waals surface area (Å²) in [6.45, 7) is 0.480. The molecule has 0 spiro atoms. The van der Waals surface area contributed by atoms with Crippen LogP contribution in [0, 0.1) is 0 Å². The molecule has 1 N–H and O–H groups in total. The molecule has 1 heterocycles. The maximum Gasteiger partial charge on any atom is 0.356 e. The zero-order valence-electron chi connectivity index (χ0n) is 10.7. The number of carboxylic acid groups (broad SMARTS) is 1. The van der Waals surface area contributed by atoms with Gasteiger partial charge in [-0.3, -0.25) is 0 Å². The lowest BCUT2D eigenvalue weighted by atomic mass is 10.2. The third kappa shape index (κ3) is 2.85. The van der Waals surface area contributed by atoms with Crippen LogP contribution in [0.1, 0.15) is 16.1 Å². The summed E-state index contributed by atoms with van der Waals surface area (Å²) in [5.74, 6) is 0.350. The third-order valence-corrected chi connectivity index (χ3v) is 2.70. The quantitative estimate of drug-likeness (QED) is 0.886. The van der Waals surface area contributed by atoms with Gasteiger partial charge in [-0.15, -0.1) is 0 Å². The summed E-state index contributed by atoms with van der Waals surface area (Å²) in [7, 11) is 3.16. The molecule has 0 aliphatic carbocycles. The Bertz CT molecular complexity index is 592. The van der Waals surface area contributed by atoms with E-state index >= 15 is 0 Å². The van der Waals surface area contributed by atoms with Crippen LogP contribution in [0.4, 0.5) is 0 Å². The first-order chi connectivity index (χ1) is 9.13. The molecule has 0 radical (unpaired) electrons. The Hall–Kier alpha value is -2.50. The topological polar surface area (TPSA) is 73.6 Å². The molecule has 0 fully saturated rings. The fourth-order valence-corrected chi connectivity index (χ4v) is 1.74. The second-order valence-corrected chi connectivity index (χ2v) is 3.91. The Labute approximate surface area is 110 Å². The predicted molar refractivity (Wildman–Crippen MR) is 67.8 cm³/mol. The SMILES string of the molecule is COc1ccc(Cn2cnc(C(=O)O)c2)c(OC)c1. The number of methoxy groups -OCH3 is 2. The van der Waals surface area contributed by atoms with Crippen molar-refractivity contribution in [3.8, 4) is 11.5 Å². The molecule has 2 aromatic rings. The van der Waals surface area contributed by atoms with Crippen LogP contribution in [0.5, 0.6) is 11.5 Å². The Morgan fingerprint density at radius 3 is 2.74 bits per heavy atom. The van der Waals surface area contributed by atoms with E-state index < -0.39 is 5.97 Å². The maximum absolute atomic E-state index is 10.8. The van der Waals surface area contributed by atoms with Gasteiger partial charge in [0.05, 0.1) is 27.1 Å². The van der Waals surface area contributed by atoms with E-state index in [4.69, 9.17) is 14.6 Å². The zero-order valence-corrected chi connectivity index (χ0v) is 10.7. The Morgan fingerprint density at radius 1 is 1.37 bits per heavy atom. The number of aromatic nitrogens is 2. The molecule has 0 saturated heterocycles. The normalized spacial score (nSPS) is 10.2. The van der Waals surface area contributed by atoms with Gasteiger partial charge < -0.3 is 19.1 Å². The lowest BCUT2D eigenvalue weighted by molar-refractivity contribution is 0.0691. The van der Waals surface area contributed by atoms with Crippen molar-refractivity contribution < 1.29 is 19.4 Å². The molecule has 100 valence electrons. The van der Waals surface area contributed by atoms with Crippen molar-refractivity contribution in [1.82, 2.24) is 9.55 Å². The van der Waals surface area contributed by atoms with Crippen LogP contribution < -0.4 is 9.47 Å². The minimum Gasteiger partial charge on any atom is -0.497 e. The van der Waals surface area contributed by atoms with E-state index in [0.29, 0.717) is 18.0 Å². The number of carbonyl (C=O) groups is 1. The van der Waals surface area contributed by atoms with Gasteiger partial charge in [0.1, 0.15) is 11.5 Å². The first kappa shape index (κ1) is 12.9.